The molecule has 1 aromatic heterocycles. The zero-order valence-electron chi connectivity index (χ0n) is 11.9. The number of nitrogens with zero attached hydrogens (tertiary/aromatic N) is 2. The molecule has 1 unspecified atom stereocenters. The Morgan fingerprint density at radius 2 is 2.20 bits per heavy atom. The third-order valence-corrected chi connectivity index (χ3v) is 4.35. The SMILES string of the molecule is N#Cc1cc2c(nc1NCC1CCCCN1)CCCC2. The predicted octanol–water partition coefficient (Wildman–Crippen LogP) is 2.39. The first-order chi connectivity index (χ1) is 9.86. The highest BCUT2D eigenvalue weighted by atomic mass is 15.0. The number of hydrogen-bond donors (Lipinski definition) is 2. The Bertz CT molecular complexity index is 512. The van der Waals surface area contributed by atoms with E-state index in [4.69, 9.17) is 4.98 Å². The van der Waals surface area contributed by atoms with Crippen molar-refractivity contribution >= 4 is 5.82 Å². The first kappa shape index (κ1) is 13.4. The van der Waals surface area contributed by atoms with Gasteiger partial charge in [-0.1, -0.05) is 6.42 Å². The molecule has 1 aliphatic carbocycles. The van der Waals surface area contributed by atoms with Gasteiger partial charge >= 0.3 is 0 Å². The fraction of sp³-hybridized carbons (Fsp3) is 0.625. The van der Waals surface area contributed by atoms with Crippen molar-refractivity contribution in [1.29, 1.82) is 5.26 Å². The second-order valence-electron chi connectivity index (χ2n) is 5.84. The first-order valence-electron chi connectivity index (χ1n) is 7.77. The molecule has 2 heterocycles. The zero-order valence-corrected chi connectivity index (χ0v) is 11.9. The van der Waals surface area contributed by atoms with Crippen molar-refractivity contribution in [1.82, 2.24) is 10.3 Å². The third-order valence-electron chi connectivity index (χ3n) is 4.35. The Morgan fingerprint density at radius 3 is 3.00 bits per heavy atom. The van der Waals surface area contributed by atoms with Gasteiger partial charge < -0.3 is 10.6 Å². The molecular formula is C16H22N4. The lowest BCUT2D eigenvalue weighted by Crippen LogP contribution is -2.39. The van der Waals surface area contributed by atoms with Crippen LogP contribution in [0.3, 0.4) is 0 Å². The van der Waals surface area contributed by atoms with Crippen molar-refractivity contribution in [3.8, 4) is 6.07 Å². The summed E-state index contributed by atoms with van der Waals surface area (Å²) in [7, 11) is 0. The van der Waals surface area contributed by atoms with E-state index in [1.165, 1.54) is 43.4 Å². The maximum atomic E-state index is 9.31. The first-order valence-corrected chi connectivity index (χ1v) is 7.77. The van der Waals surface area contributed by atoms with E-state index in [1.54, 1.807) is 0 Å². The van der Waals surface area contributed by atoms with Crippen molar-refractivity contribution in [3.05, 3.63) is 22.9 Å². The van der Waals surface area contributed by atoms with Crippen LogP contribution in [-0.4, -0.2) is 24.1 Å². The highest BCUT2D eigenvalue weighted by Gasteiger charge is 2.17. The van der Waals surface area contributed by atoms with Crippen molar-refractivity contribution in [3.63, 3.8) is 0 Å². The lowest BCUT2D eigenvalue weighted by molar-refractivity contribution is 0.414. The number of rotatable bonds is 3. The zero-order chi connectivity index (χ0) is 13.8. The minimum atomic E-state index is 0.508. The van der Waals surface area contributed by atoms with Gasteiger partial charge in [-0.2, -0.15) is 5.26 Å². The van der Waals surface area contributed by atoms with Crippen LogP contribution in [0.15, 0.2) is 6.07 Å². The van der Waals surface area contributed by atoms with Gasteiger partial charge in [-0.05, 0) is 56.7 Å². The lowest BCUT2D eigenvalue weighted by Gasteiger charge is -2.24. The molecule has 1 atom stereocenters. The molecule has 20 heavy (non-hydrogen) atoms. The Morgan fingerprint density at radius 1 is 1.30 bits per heavy atom. The van der Waals surface area contributed by atoms with Gasteiger partial charge in [-0.3, -0.25) is 0 Å². The fourth-order valence-corrected chi connectivity index (χ4v) is 3.17. The smallest absolute Gasteiger partial charge is 0.144 e. The van der Waals surface area contributed by atoms with Crippen molar-refractivity contribution in [2.45, 2.75) is 51.0 Å². The molecule has 4 heteroatoms. The summed E-state index contributed by atoms with van der Waals surface area (Å²) in [6, 6.07) is 4.84. The second-order valence-corrected chi connectivity index (χ2v) is 5.84. The number of nitriles is 1. The molecule has 0 amide bonds. The van der Waals surface area contributed by atoms with Crippen LogP contribution in [0.2, 0.25) is 0 Å². The summed E-state index contributed by atoms with van der Waals surface area (Å²) < 4.78 is 0. The number of hydrogen-bond acceptors (Lipinski definition) is 4. The molecule has 106 valence electrons. The van der Waals surface area contributed by atoms with Crippen LogP contribution in [0, 0.1) is 11.3 Å². The molecule has 1 saturated heterocycles. The van der Waals surface area contributed by atoms with Gasteiger partial charge in [0.15, 0.2) is 0 Å². The van der Waals surface area contributed by atoms with E-state index in [1.807, 2.05) is 6.07 Å². The molecule has 1 fully saturated rings. The van der Waals surface area contributed by atoms with E-state index in [-0.39, 0.29) is 0 Å². The highest BCUT2D eigenvalue weighted by Crippen LogP contribution is 2.24. The molecule has 0 aromatic carbocycles. The maximum absolute atomic E-state index is 9.31. The van der Waals surface area contributed by atoms with Crippen molar-refractivity contribution in [2.75, 3.05) is 18.4 Å². The normalized spacial score (nSPS) is 21.9. The molecule has 4 nitrogen and oxygen atoms in total. The number of piperidine rings is 1. The maximum Gasteiger partial charge on any atom is 0.144 e. The van der Waals surface area contributed by atoms with E-state index in [9.17, 15) is 5.26 Å². The summed E-state index contributed by atoms with van der Waals surface area (Å²) in [5.74, 6) is 0.778. The summed E-state index contributed by atoms with van der Waals surface area (Å²) in [6.07, 6.45) is 8.34. The molecule has 2 aliphatic rings. The van der Waals surface area contributed by atoms with E-state index >= 15 is 0 Å². The predicted molar refractivity (Wildman–Crippen MR) is 79.7 cm³/mol. The van der Waals surface area contributed by atoms with Crippen LogP contribution in [0.4, 0.5) is 5.82 Å². The molecule has 0 spiro atoms. The van der Waals surface area contributed by atoms with Gasteiger partial charge in [0, 0.05) is 18.3 Å². The number of aromatic nitrogens is 1. The number of anilines is 1. The molecule has 3 rings (SSSR count). The van der Waals surface area contributed by atoms with Gasteiger partial charge in [-0.15, -0.1) is 0 Å². The molecule has 1 aromatic rings. The molecule has 0 bridgehead atoms. The Balaban J connectivity index is 1.72. The van der Waals surface area contributed by atoms with Gasteiger partial charge in [0.1, 0.15) is 11.9 Å². The molecule has 0 saturated carbocycles. The quantitative estimate of drug-likeness (QED) is 0.885. The topological polar surface area (TPSA) is 60.7 Å². The summed E-state index contributed by atoms with van der Waals surface area (Å²) >= 11 is 0. The minimum absolute atomic E-state index is 0.508. The van der Waals surface area contributed by atoms with Crippen LogP contribution >= 0.6 is 0 Å². The standard InChI is InChI=1S/C16H22N4/c17-10-13-9-12-5-1-2-7-15(12)20-16(13)19-11-14-6-3-4-8-18-14/h9,14,18H,1-8,11H2,(H,19,20). The van der Waals surface area contributed by atoms with E-state index in [2.05, 4.69) is 16.7 Å². The molecular weight excluding hydrogens is 248 g/mol. The second kappa shape index (κ2) is 6.23. The average molecular weight is 270 g/mol. The third kappa shape index (κ3) is 2.94. The van der Waals surface area contributed by atoms with Gasteiger partial charge in [0.25, 0.3) is 0 Å². The largest absolute Gasteiger partial charge is 0.367 e. The number of fused-ring (bicyclic) bond motifs is 1. The van der Waals surface area contributed by atoms with Gasteiger partial charge in [-0.25, -0.2) is 4.98 Å². The van der Waals surface area contributed by atoms with Crippen LogP contribution in [0.5, 0.6) is 0 Å². The van der Waals surface area contributed by atoms with Crippen molar-refractivity contribution < 1.29 is 0 Å². The van der Waals surface area contributed by atoms with Crippen LogP contribution in [-0.2, 0) is 12.8 Å². The highest BCUT2D eigenvalue weighted by molar-refractivity contribution is 5.54. The molecule has 0 radical (unpaired) electrons. The Hall–Kier alpha value is -1.60. The van der Waals surface area contributed by atoms with E-state index in [0.29, 0.717) is 11.6 Å². The van der Waals surface area contributed by atoms with Crippen LogP contribution in [0.25, 0.3) is 0 Å². The molecule has 1 aliphatic heterocycles. The van der Waals surface area contributed by atoms with Crippen molar-refractivity contribution in [2.24, 2.45) is 0 Å². The Labute approximate surface area is 120 Å². The monoisotopic (exact) mass is 270 g/mol. The average Bonchev–Trinajstić information content (AvgIpc) is 2.53. The summed E-state index contributed by atoms with van der Waals surface area (Å²) in [6.45, 7) is 1.97. The Kier molecular flexibility index (Phi) is 4.17. The summed E-state index contributed by atoms with van der Waals surface area (Å²) in [5.41, 5.74) is 3.16. The van der Waals surface area contributed by atoms with Gasteiger partial charge in [0.2, 0.25) is 0 Å². The number of aryl methyl sites for hydroxylation is 2. The minimum Gasteiger partial charge on any atom is -0.367 e. The summed E-state index contributed by atoms with van der Waals surface area (Å²) in [5, 5.41) is 16.2. The molecule has 2 N–H and O–H groups in total. The van der Waals surface area contributed by atoms with E-state index < -0.39 is 0 Å². The van der Waals surface area contributed by atoms with Gasteiger partial charge in [0.05, 0.1) is 5.56 Å². The summed E-state index contributed by atoms with van der Waals surface area (Å²) in [4.78, 5) is 4.71. The van der Waals surface area contributed by atoms with Crippen LogP contribution < -0.4 is 10.6 Å². The number of pyridine rings is 1. The van der Waals surface area contributed by atoms with Crippen LogP contribution in [0.1, 0.15) is 48.9 Å². The number of nitrogens with one attached hydrogen (secondary N) is 2. The van der Waals surface area contributed by atoms with E-state index in [0.717, 1.165) is 31.7 Å². The lowest BCUT2D eigenvalue weighted by atomic mass is 9.95. The fourth-order valence-electron chi connectivity index (χ4n) is 3.17.